The average molecular weight is 671 g/mol. The van der Waals surface area contributed by atoms with Crippen LogP contribution in [0, 0.1) is 14.7 Å². The molecule has 4 heterocycles. The van der Waals surface area contributed by atoms with Gasteiger partial charge in [0.05, 0.1) is 10.1 Å². The third-order valence-corrected chi connectivity index (χ3v) is 11.8. The van der Waals surface area contributed by atoms with Gasteiger partial charge in [-0.3, -0.25) is 0 Å². The molecule has 41 heavy (non-hydrogen) atoms. The zero-order chi connectivity index (χ0) is 29.6. The molecule has 2 aliphatic rings. The van der Waals surface area contributed by atoms with Gasteiger partial charge in [0.15, 0.2) is 0 Å². The highest BCUT2D eigenvalue weighted by Crippen LogP contribution is 2.39. The van der Waals surface area contributed by atoms with Gasteiger partial charge in [-0.05, 0) is 93.9 Å². The Morgan fingerprint density at radius 2 is 1.32 bits per heavy atom. The summed E-state index contributed by atoms with van der Waals surface area (Å²) in [7, 11) is 0. The van der Waals surface area contributed by atoms with Crippen LogP contribution in [0.25, 0.3) is 0 Å². The number of pyridine rings is 2. The molecule has 4 rings (SSSR count). The zero-order valence-electron chi connectivity index (χ0n) is 25.0. The number of hydrogen-bond acceptors (Lipinski definition) is 8. The van der Waals surface area contributed by atoms with Gasteiger partial charge < -0.3 is 18.6 Å². The molecular weight excluding hydrogens is 625 g/mol. The molecular formula is C31H46N2O2S6. The van der Waals surface area contributed by atoms with Crippen molar-refractivity contribution >= 4 is 73.2 Å². The SMILES string of the molecule is CC(C)(CCCOCCCOCCCCC(C)(C)n1c(S)c2c(cc1=S)SCC2)Cn1c(S)c2c(cc1=S)SCC2. The maximum absolute atomic E-state index is 5.92. The first-order valence-corrected chi connectivity index (χ1v) is 18.5. The van der Waals surface area contributed by atoms with E-state index >= 15 is 0 Å². The van der Waals surface area contributed by atoms with Gasteiger partial charge in [0.2, 0.25) is 0 Å². The molecule has 0 N–H and O–H groups in total. The number of thiol groups is 2. The molecule has 0 unspecified atom stereocenters. The summed E-state index contributed by atoms with van der Waals surface area (Å²) in [5, 5.41) is 2.11. The van der Waals surface area contributed by atoms with E-state index in [4.69, 9.17) is 59.2 Å². The van der Waals surface area contributed by atoms with Gasteiger partial charge in [0.1, 0.15) is 9.28 Å². The van der Waals surface area contributed by atoms with E-state index in [1.165, 1.54) is 20.9 Å². The maximum atomic E-state index is 5.92. The van der Waals surface area contributed by atoms with Crippen molar-refractivity contribution in [2.45, 2.75) is 111 Å². The minimum atomic E-state index is -0.0551. The van der Waals surface area contributed by atoms with Gasteiger partial charge >= 0.3 is 0 Å². The van der Waals surface area contributed by atoms with Crippen molar-refractivity contribution in [1.29, 1.82) is 0 Å². The number of unbranched alkanes of at least 4 members (excludes halogenated alkanes) is 1. The van der Waals surface area contributed by atoms with Crippen LogP contribution in [0.4, 0.5) is 0 Å². The van der Waals surface area contributed by atoms with E-state index in [1.807, 2.05) is 23.5 Å². The Balaban J connectivity index is 1.05. The number of thioether (sulfide) groups is 2. The van der Waals surface area contributed by atoms with Gasteiger partial charge in [-0.25, -0.2) is 0 Å². The quantitative estimate of drug-likeness (QED) is 0.105. The fraction of sp³-hybridized carbons (Fsp3) is 0.677. The van der Waals surface area contributed by atoms with E-state index in [0.717, 1.165) is 115 Å². The average Bonchev–Trinajstić information content (AvgIpc) is 3.57. The van der Waals surface area contributed by atoms with E-state index < -0.39 is 0 Å². The van der Waals surface area contributed by atoms with E-state index in [9.17, 15) is 0 Å². The van der Waals surface area contributed by atoms with E-state index in [1.54, 1.807) is 0 Å². The summed E-state index contributed by atoms with van der Waals surface area (Å²) >= 11 is 25.0. The predicted molar refractivity (Wildman–Crippen MR) is 186 cm³/mol. The Morgan fingerprint density at radius 1 is 0.756 bits per heavy atom. The summed E-state index contributed by atoms with van der Waals surface area (Å²) < 4.78 is 18.1. The van der Waals surface area contributed by atoms with E-state index in [-0.39, 0.29) is 11.0 Å². The Labute approximate surface area is 277 Å². The molecule has 0 atom stereocenters. The van der Waals surface area contributed by atoms with Crippen LogP contribution in [0.5, 0.6) is 0 Å². The van der Waals surface area contributed by atoms with Crippen molar-refractivity contribution in [3.8, 4) is 0 Å². The summed E-state index contributed by atoms with van der Waals surface area (Å²) in [6, 6.07) is 4.32. The predicted octanol–water partition coefficient (Wildman–Crippen LogP) is 9.46. The zero-order valence-corrected chi connectivity index (χ0v) is 30.1. The second-order valence-corrected chi connectivity index (χ2v) is 16.5. The molecule has 0 radical (unpaired) electrons. The third kappa shape index (κ3) is 9.05. The fourth-order valence-electron chi connectivity index (χ4n) is 5.76. The minimum absolute atomic E-state index is 0.0551. The highest BCUT2D eigenvalue weighted by atomic mass is 32.2. The Morgan fingerprint density at radius 3 is 1.98 bits per heavy atom. The Kier molecular flexibility index (Phi) is 12.7. The minimum Gasteiger partial charge on any atom is -0.381 e. The molecule has 0 aromatic carbocycles. The van der Waals surface area contributed by atoms with Crippen LogP contribution < -0.4 is 0 Å². The monoisotopic (exact) mass is 670 g/mol. The van der Waals surface area contributed by atoms with Crippen LogP contribution in [-0.2, 0) is 34.4 Å². The summed E-state index contributed by atoms with van der Waals surface area (Å²) in [5.74, 6) is 2.26. The molecule has 228 valence electrons. The summed E-state index contributed by atoms with van der Waals surface area (Å²) in [5.41, 5.74) is 2.81. The molecule has 0 fully saturated rings. The van der Waals surface area contributed by atoms with Crippen LogP contribution >= 0.6 is 73.2 Å². The van der Waals surface area contributed by atoms with E-state index in [0.29, 0.717) is 0 Å². The molecule has 0 aliphatic carbocycles. The number of nitrogens with zero attached hydrogens (tertiary/aromatic N) is 2. The van der Waals surface area contributed by atoms with Gasteiger partial charge in [-0.15, -0.1) is 48.8 Å². The number of fused-ring (bicyclic) bond motifs is 2. The van der Waals surface area contributed by atoms with Gasteiger partial charge in [0, 0.05) is 59.8 Å². The van der Waals surface area contributed by atoms with Crippen molar-refractivity contribution in [1.82, 2.24) is 9.13 Å². The lowest BCUT2D eigenvalue weighted by atomic mass is 9.87. The van der Waals surface area contributed by atoms with Crippen molar-refractivity contribution in [2.24, 2.45) is 5.41 Å². The first-order chi connectivity index (χ1) is 19.5. The lowest BCUT2D eigenvalue weighted by Crippen LogP contribution is -2.29. The standard InChI is InChI=1S/C31H46N2O2S6/c1-30(2,21-32-26(36)19-24-22(28(32)38)9-17-40-24)11-7-14-35-16-8-15-34-13-6-5-12-31(3,4)33-27(37)20-25-23(29(33)39)10-18-41-25/h19-20,38-39H,5-18,21H2,1-4H3. The third-order valence-electron chi connectivity index (χ3n) is 8.06. The summed E-state index contributed by atoms with van der Waals surface area (Å²) in [6.07, 6.45) is 8.45. The van der Waals surface area contributed by atoms with Crippen LogP contribution in [0.3, 0.4) is 0 Å². The lowest BCUT2D eigenvalue weighted by molar-refractivity contribution is 0.0748. The molecule has 0 saturated heterocycles. The fourth-order valence-corrected chi connectivity index (χ4v) is 10.1. The number of ether oxygens (including phenoxy) is 2. The lowest BCUT2D eigenvalue weighted by Gasteiger charge is -2.31. The molecule has 0 saturated carbocycles. The molecule has 10 heteroatoms. The molecule has 2 aliphatic heterocycles. The van der Waals surface area contributed by atoms with Crippen molar-refractivity contribution in [2.75, 3.05) is 37.9 Å². The topological polar surface area (TPSA) is 28.3 Å². The van der Waals surface area contributed by atoms with Crippen molar-refractivity contribution in [3.63, 3.8) is 0 Å². The van der Waals surface area contributed by atoms with Gasteiger partial charge in [-0.1, -0.05) is 38.3 Å². The Bertz CT molecular complexity index is 1320. The van der Waals surface area contributed by atoms with Gasteiger partial charge in [0.25, 0.3) is 0 Å². The smallest absolute Gasteiger partial charge is 0.108 e. The molecule has 0 bridgehead atoms. The number of aromatic nitrogens is 2. The summed E-state index contributed by atoms with van der Waals surface area (Å²) in [6.45, 7) is 13.2. The van der Waals surface area contributed by atoms with Crippen LogP contribution in [0.15, 0.2) is 32.0 Å². The molecule has 4 nitrogen and oxygen atoms in total. The van der Waals surface area contributed by atoms with Crippen molar-refractivity contribution in [3.05, 3.63) is 32.5 Å². The number of hydrogen-bond donors (Lipinski definition) is 2. The second kappa shape index (κ2) is 15.4. The Hall–Kier alpha value is 0.0600. The van der Waals surface area contributed by atoms with Crippen LogP contribution in [-0.4, -0.2) is 47.1 Å². The largest absolute Gasteiger partial charge is 0.381 e. The number of rotatable bonds is 16. The van der Waals surface area contributed by atoms with Crippen molar-refractivity contribution < 1.29 is 9.47 Å². The van der Waals surface area contributed by atoms with Gasteiger partial charge in [-0.2, -0.15) is 0 Å². The molecule has 2 aromatic rings. The van der Waals surface area contributed by atoms with Crippen LogP contribution in [0.2, 0.25) is 0 Å². The molecule has 0 spiro atoms. The van der Waals surface area contributed by atoms with Crippen LogP contribution in [0.1, 0.15) is 77.3 Å². The van der Waals surface area contributed by atoms with E-state index in [2.05, 4.69) is 49.0 Å². The second-order valence-electron chi connectivity index (χ2n) is 12.5. The first-order valence-electron chi connectivity index (χ1n) is 14.9. The normalized spacial score (nSPS) is 15.0. The highest BCUT2D eigenvalue weighted by molar-refractivity contribution is 8.00. The molecule has 2 aromatic heterocycles. The first kappa shape index (κ1) is 33.9. The highest BCUT2D eigenvalue weighted by Gasteiger charge is 2.26. The maximum Gasteiger partial charge on any atom is 0.108 e. The summed E-state index contributed by atoms with van der Waals surface area (Å²) in [4.78, 5) is 2.63. The molecule has 0 amide bonds.